The highest BCUT2D eigenvalue weighted by atomic mass is 32.2. The van der Waals surface area contributed by atoms with Gasteiger partial charge in [-0.25, -0.2) is 13.1 Å². The number of carbonyl (C=O) groups excluding carboxylic acids is 1. The minimum atomic E-state index is -3.80. The first-order valence-electron chi connectivity index (χ1n) is 5.50. The van der Waals surface area contributed by atoms with Crippen molar-refractivity contribution in [2.75, 3.05) is 11.9 Å². The van der Waals surface area contributed by atoms with E-state index in [1.54, 1.807) is 13.8 Å². The van der Waals surface area contributed by atoms with Crippen LogP contribution in [0.25, 0.3) is 0 Å². The van der Waals surface area contributed by atoms with Gasteiger partial charge in [0.25, 0.3) is 10.0 Å². The van der Waals surface area contributed by atoms with Crippen LogP contribution < -0.4 is 10.0 Å². The van der Waals surface area contributed by atoms with Crippen molar-refractivity contribution in [3.63, 3.8) is 0 Å². The van der Waals surface area contributed by atoms with Crippen molar-refractivity contribution < 1.29 is 18.3 Å². The number of aliphatic hydroxyl groups is 1. The van der Waals surface area contributed by atoms with Crippen molar-refractivity contribution in [3.05, 3.63) is 0 Å². The Morgan fingerprint density at radius 1 is 1.42 bits per heavy atom. The predicted molar refractivity (Wildman–Crippen MR) is 70.2 cm³/mol. The fourth-order valence-electron chi connectivity index (χ4n) is 1.09. The number of aromatic nitrogens is 2. The minimum Gasteiger partial charge on any atom is -0.396 e. The molecule has 0 bridgehead atoms. The molecule has 108 valence electrons. The number of nitrogens with zero attached hydrogens (tertiary/aromatic N) is 2. The van der Waals surface area contributed by atoms with Crippen LogP contribution in [0.4, 0.5) is 5.13 Å². The second kappa shape index (κ2) is 6.37. The van der Waals surface area contributed by atoms with Gasteiger partial charge in [-0.05, 0) is 12.8 Å². The Kier molecular flexibility index (Phi) is 5.35. The second-order valence-corrected chi connectivity index (χ2v) is 6.99. The molecule has 1 aromatic heterocycles. The lowest BCUT2D eigenvalue weighted by atomic mass is 10.1. The second-order valence-electron chi connectivity index (χ2n) is 4.12. The molecule has 3 N–H and O–H groups in total. The zero-order valence-corrected chi connectivity index (χ0v) is 12.4. The Labute approximate surface area is 115 Å². The van der Waals surface area contributed by atoms with Crippen molar-refractivity contribution in [2.45, 2.75) is 31.2 Å². The summed E-state index contributed by atoms with van der Waals surface area (Å²) >= 11 is 0.762. The van der Waals surface area contributed by atoms with Crippen LogP contribution >= 0.6 is 11.3 Å². The molecule has 0 saturated carbocycles. The molecule has 0 radical (unpaired) electrons. The summed E-state index contributed by atoms with van der Waals surface area (Å²) in [6.07, 6.45) is 0. The molecule has 0 fully saturated rings. The average molecular weight is 308 g/mol. The number of anilines is 1. The molecule has 8 nitrogen and oxygen atoms in total. The zero-order chi connectivity index (χ0) is 14.6. The van der Waals surface area contributed by atoms with E-state index in [1.165, 1.54) is 6.92 Å². The lowest BCUT2D eigenvalue weighted by Crippen LogP contribution is -2.38. The standard InChI is InChI=1S/C9H16N4O4S2/c1-5(4-14)6(2)13-19(16,17)9-12-11-8(18-9)10-7(3)15/h5-6,13-14H,4H2,1-3H3,(H,10,11,15). The number of hydrogen-bond donors (Lipinski definition) is 3. The first kappa shape index (κ1) is 16.0. The van der Waals surface area contributed by atoms with E-state index in [0.29, 0.717) is 0 Å². The van der Waals surface area contributed by atoms with Crippen LogP contribution in [-0.4, -0.2) is 42.3 Å². The molecule has 1 amide bonds. The first-order valence-corrected chi connectivity index (χ1v) is 7.80. The van der Waals surface area contributed by atoms with Crippen LogP contribution in [-0.2, 0) is 14.8 Å². The van der Waals surface area contributed by atoms with E-state index >= 15 is 0 Å². The van der Waals surface area contributed by atoms with Gasteiger partial charge in [0, 0.05) is 19.6 Å². The quantitative estimate of drug-likeness (QED) is 0.625. The normalized spacial score (nSPS) is 14.9. The van der Waals surface area contributed by atoms with Crippen LogP contribution in [0, 0.1) is 5.92 Å². The third-order valence-corrected chi connectivity index (χ3v) is 5.17. The predicted octanol–water partition coefficient (Wildman–Crippen LogP) is -0.208. The minimum absolute atomic E-state index is 0.121. The molecular weight excluding hydrogens is 292 g/mol. The Morgan fingerprint density at radius 2 is 2.05 bits per heavy atom. The summed E-state index contributed by atoms with van der Waals surface area (Å²) in [5.74, 6) is -0.576. The van der Waals surface area contributed by atoms with E-state index in [4.69, 9.17) is 5.11 Å². The summed E-state index contributed by atoms with van der Waals surface area (Å²) in [6, 6.07) is -0.442. The van der Waals surface area contributed by atoms with Gasteiger partial charge in [0.2, 0.25) is 15.4 Å². The highest BCUT2D eigenvalue weighted by Gasteiger charge is 2.24. The van der Waals surface area contributed by atoms with E-state index in [9.17, 15) is 13.2 Å². The molecule has 0 saturated heterocycles. The average Bonchev–Trinajstić information content (AvgIpc) is 2.75. The Balaban J connectivity index is 2.83. The van der Waals surface area contributed by atoms with Gasteiger partial charge in [0.05, 0.1) is 0 Å². The van der Waals surface area contributed by atoms with Crippen molar-refractivity contribution in [3.8, 4) is 0 Å². The maximum Gasteiger partial charge on any atom is 0.270 e. The van der Waals surface area contributed by atoms with Gasteiger partial charge in [0.15, 0.2) is 0 Å². The van der Waals surface area contributed by atoms with Crippen molar-refractivity contribution >= 4 is 32.4 Å². The lowest BCUT2D eigenvalue weighted by molar-refractivity contribution is -0.114. The summed E-state index contributed by atoms with van der Waals surface area (Å²) in [4.78, 5) is 10.8. The summed E-state index contributed by atoms with van der Waals surface area (Å²) in [7, 11) is -3.80. The molecule has 19 heavy (non-hydrogen) atoms. The number of aliphatic hydroxyl groups excluding tert-OH is 1. The van der Waals surface area contributed by atoms with Crippen molar-refractivity contribution in [1.29, 1.82) is 0 Å². The number of rotatable bonds is 6. The molecule has 1 aromatic rings. The van der Waals surface area contributed by atoms with Crippen LogP contribution in [0.2, 0.25) is 0 Å². The van der Waals surface area contributed by atoms with Gasteiger partial charge in [-0.1, -0.05) is 18.3 Å². The van der Waals surface area contributed by atoms with Crippen molar-refractivity contribution in [1.82, 2.24) is 14.9 Å². The molecule has 0 spiro atoms. The van der Waals surface area contributed by atoms with Crippen LogP contribution in [0.5, 0.6) is 0 Å². The van der Waals surface area contributed by atoms with Crippen LogP contribution in [0.1, 0.15) is 20.8 Å². The molecule has 2 atom stereocenters. The molecule has 1 heterocycles. The van der Waals surface area contributed by atoms with Gasteiger partial charge in [-0.3, -0.25) is 4.79 Å². The fraction of sp³-hybridized carbons (Fsp3) is 0.667. The smallest absolute Gasteiger partial charge is 0.270 e. The molecule has 0 aliphatic rings. The van der Waals surface area contributed by atoms with E-state index in [0.717, 1.165) is 11.3 Å². The van der Waals surface area contributed by atoms with Crippen molar-refractivity contribution in [2.24, 2.45) is 5.92 Å². The van der Waals surface area contributed by atoms with Gasteiger partial charge >= 0.3 is 0 Å². The topological polar surface area (TPSA) is 121 Å². The zero-order valence-electron chi connectivity index (χ0n) is 10.7. The van der Waals surface area contributed by atoms with E-state index in [2.05, 4.69) is 20.2 Å². The van der Waals surface area contributed by atoms with E-state index in [-0.39, 0.29) is 27.9 Å². The number of sulfonamides is 1. The maximum atomic E-state index is 12.0. The summed E-state index contributed by atoms with van der Waals surface area (Å²) < 4.78 is 26.1. The summed E-state index contributed by atoms with van der Waals surface area (Å²) in [6.45, 7) is 4.53. The summed E-state index contributed by atoms with van der Waals surface area (Å²) in [5, 5.41) is 18.5. The fourth-order valence-corrected chi connectivity index (χ4v) is 3.40. The molecule has 2 unspecified atom stereocenters. The van der Waals surface area contributed by atoms with Gasteiger partial charge in [-0.15, -0.1) is 10.2 Å². The molecule has 0 aliphatic heterocycles. The lowest BCUT2D eigenvalue weighted by Gasteiger charge is -2.17. The monoisotopic (exact) mass is 308 g/mol. The molecular formula is C9H16N4O4S2. The van der Waals surface area contributed by atoms with Crippen LogP contribution in [0.3, 0.4) is 0 Å². The first-order chi connectivity index (χ1) is 8.76. The third kappa shape index (κ3) is 4.49. The van der Waals surface area contributed by atoms with Gasteiger partial charge in [0.1, 0.15) is 0 Å². The molecule has 10 heteroatoms. The highest BCUT2D eigenvalue weighted by molar-refractivity contribution is 7.91. The molecule has 0 aromatic carbocycles. The van der Waals surface area contributed by atoms with Gasteiger partial charge in [-0.2, -0.15) is 0 Å². The Morgan fingerprint density at radius 3 is 2.58 bits per heavy atom. The Hall–Kier alpha value is -1.10. The SMILES string of the molecule is CC(=O)Nc1nnc(S(=O)(=O)NC(C)C(C)CO)s1. The Bertz CT molecular complexity index is 542. The van der Waals surface area contributed by atoms with E-state index < -0.39 is 16.1 Å². The number of hydrogen-bond acceptors (Lipinski definition) is 7. The third-order valence-electron chi connectivity index (χ3n) is 2.40. The number of amides is 1. The molecule has 1 rings (SSSR count). The molecule has 0 aliphatic carbocycles. The van der Waals surface area contributed by atoms with E-state index in [1.807, 2.05) is 0 Å². The summed E-state index contributed by atoms with van der Waals surface area (Å²) in [5.41, 5.74) is 0. The van der Waals surface area contributed by atoms with Gasteiger partial charge < -0.3 is 10.4 Å². The maximum absolute atomic E-state index is 12.0. The number of nitrogens with one attached hydrogen (secondary N) is 2. The number of carbonyl (C=O) groups is 1. The van der Waals surface area contributed by atoms with Crippen LogP contribution in [0.15, 0.2) is 4.34 Å². The largest absolute Gasteiger partial charge is 0.396 e. The highest BCUT2D eigenvalue weighted by Crippen LogP contribution is 2.20.